The molecule has 2 rings (SSSR count). The van der Waals surface area contributed by atoms with Gasteiger partial charge in [0.15, 0.2) is 0 Å². The molecule has 1 atom stereocenters. The quantitative estimate of drug-likeness (QED) is 0.782. The molecule has 3 heteroatoms. The van der Waals surface area contributed by atoms with Crippen LogP contribution in [0.4, 0.5) is 0 Å². The van der Waals surface area contributed by atoms with Gasteiger partial charge in [0.1, 0.15) is 0 Å². The third-order valence-corrected chi connectivity index (χ3v) is 3.16. The number of aliphatic hydroxyl groups excluding tert-OH is 1. The minimum Gasteiger partial charge on any atom is -0.391 e. The molecule has 1 aliphatic carbocycles. The summed E-state index contributed by atoms with van der Waals surface area (Å²) in [6, 6.07) is 9.96. The maximum absolute atomic E-state index is 11.5. The summed E-state index contributed by atoms with van der Waals surface area (Å²) in [7, 11) is 0. The first-order chi connectivity index (χ1) is 8.25. The van der Waals surface area contributed by atoms with Crippen LogP contribution in [0.3, 0.4) is 0 Å². The number of aliphatic hydroxyl groups is 1. The Bertz CT molecular complexity index is 360. The minimum atomic E-state index is -0.351. The van der Waals surface area contributed by atoms with Gasteiger partial charge in [-0.15, -0.1) is 0 Å². The van der Waals surface area contributed by atoms with Gasteiger partial charge in [0.05, 0.1) is 6.10 Å². The van der Waals surface area contributed by atoms with E-state index in [0.29, 0.717) is 18.9 Å². The number of hydrogen-bond acceptors (Lipinski definition) is 2. The molecule has 1 amide bonds. The third-order valence-electron chi connectivity index (χ3n) is 3.16. The molecule has 3 nitrogen and oxygen atoms in total. The number of aryl methyl sites for hydroxylation is 1. The normalized spacial score (nSPS) is 16.5. The number of benzene rings is 1. The summed E-state index contributed by atoms with van der Waals surface area (Å²) in [6.07, 6.45) is 3.09. The van der Waals surface area contributed by atoms with Crippen molar-refractivity contribution in [3.63, 3.8) is 0 Å². The summed E-state index contributed by atoms with van der Waals surface area (Å²) in [5, 5.41) is 12.4. The molecule has 1 saturated carbocycles. The van der Waals surface area contributed by atoms with Crippen LogP contribution in [0.2, 0.25) is 0 Å². The van der Waals surface area contributed by atoms with E-state index in [2.05, 4.69) is 5.32 Å². The van der Waals surface area contributed by atoms with Gasteiger partial charge < -0.3 is 10.4 Å². The Labute approximate surface area is 102 Å². The summed E-state index contributed by atoms with van der Waals surface area (Å²) < 4.78 is 0. The van der Waals surface area contributed by atoms with Crippen LogP contribution in [0.5, 0.6) is 0 Å². The lowest BCUT2D eigenvalue weighted by molar-refractivity contribution is -0.121. The first kappa shape index (κ1) is 12.1. The van der Waals surface area contributed by atoms with E-state index in [1.165, 1.54) is 5.56 Å². The minimum absolute atomic E-state index is 0.0218. The highest BCUT2D eigenvalue weighted by atomic mass is 16.3. The highest BCUT2D eigenvalue weighted by molar-refractivity contribution is 5.76. The van der Waals surface area contributed by atoms with E-state index in [1.54, 1.807) is 0 Å². The van der Waals surface area contributed by atoms with Gasteiger partial charge in [-0.1, -0.05) is 30.3 Å². The van der Waals surface area contributed by atoms with Gasteiger partial charge in [-0.3, -0.25) is 4.79 Å². The summed E-state index contributed by atoms with van der Waals surface area (Å²) in [6.45, 7) is 0.401. The Morgan fingerprint density at radius 1 is 1.35 bits per heavy atom. The molecule has 1 fully saturated rings. The fraction of sp³-hybridized carbons (Fsp3) is 0.500. The van der Waals surface area contributed by atoms with Crippen LogP contribution in [-0.4, -0.2) is 23.7 Å². The Hall–Kier alpha value is -1.35. The maximum Gasteiger partial charge on any atom is 0.220 e. The van der Waals surface area contributed by atoms with E-state index >= 15 is 0 Å². The summed E-state index contributed by atoms with van der Waals surface area (Å²) in [5.41, 5.74) is 1.17. The van der Waals surface area contributed by atoms with Crippen molar-refractivity contribution in [2.75, 3.05) is 6.54 Å². The van der Waals surface area contributed by atoms with Crippen LogP contribution in [0.1, 0.15) is 24.8 Å². The molecule has 0 saturated heterocycles. The van der Waals surface area contributed by atoms with Gasteiger partial charge in [0, 0.05) is 13.0 Å². The molecule has 1 unspecified atom stereocenters. The zero-order chi connectivity index (χ0) is 12.1. The molecule has 92 valence electrons. The fourth-order valence-electron chi connectivity index (χ4n) is 1.86. The van der Waals surface area contributed by atoms with E-state index < -0.39 is 0 Å². The van der Waals surface area contributed by atoms with Crippen LogP contribution in [0.25, 0.3) is 0 Å². The molecule has 0 spiro atoms. The fourth-order valence-corrected chi connectivity index (χ4v) is 1.86. The van der Waals surface area contributed by atoms with Crippen molar-refractivity contribution >= 4 is 5.91 Å². The average molecular weight is 233 g/mol. The van der Waals surface area contributed by atoms with Crippen molar-refractivity contribution < 1.29 is 9.90 Å². The predicted octanol–water partition coefficient (Wildman–Crippen LogP) is 1.51. The zero-order valence-corrected chi connectivity index (χ0v) is 9.93. The van der Waals surface area contributed by atoms with Crippen LogP contribution in [0.15, 0.2) is 30.3 Å². The highest BCUT2D eigenvalue weighted by Gasteiger charge is 2.29. The van der Waals surface area contributed by atoms with Crippen molar-refractivity contribution in [1.29, 1.82) is 0 Å². The van der Waals surface area contributed by atoms with E-state index in [-0.39, 0.29) is 12.0 Å². The average Bonchev–Trinajstić information content (AvgIpc) is 3.19. The molecule has 0 radical (unpaired) electrons. The van der Waals surface area contributed by atoms with Crippen LogP contribution >= 0.6 is 0 Å². The number of rotatable bonds is 6. The topological polar surface area (TPSA) is 49.3 Å². The SMILES string of the molecule is O=C(CCc1ccccc1)NCC(O)C1CC1. The second-order valence-corrected chi connectivity index (χ2v) is 4.69. The molecule has 2 N–H and O–H groups in total. The van der Waals surface area contributed by atoms with Gasteiger partial charge in [-0.05, 0) is 30.7 Å². The smallest absolute Gasteiger partial charge is 0.220 e. The molecule has 0 aliphatic heterocycles. The van der Waals surface area contributed by atoms with Crippen molar-refractivity contribution in [1.82, 2.24) is 5.32 Å². The molecular formula is C14H19NO2. The van der Waals surface area contributed by atoms with Crippen LogP contribution in [0, 0.1) is 5.92 Å². The largest absolute Gasteiger partial charge is 0.391 e. The molecule has 0 heterocycles. The Morgan fingerprint density at radius 3 is 2.71 bits per heavy atom. The van der Waals surface area contributed by atoms with Gasteiger partial charge in [-0.25, -0.2) is 0 Å². The van der Waals surface area contributed by atoms with Gasteiger partial charge in [0.2, 0.25) is 5.91 Å². The van der Waals surface area contributed by atoms with Gasteiger partial charge >= 0.3 is 0 Å². The monoisotopic (exact) mass is 233 g/mol. The lowest BCUT2D eigenvalue weighted by Crippen LogP contribution is -2.33. The predicted molar refractivity (Wildman–Crippen MR) is 66.5 cm³/mol. The molecule has 1 aromatic carbocycles. The van der Waals surface area contributed by atoms with Gasteiger partial charge in [-0.2, -0.15) is 0 Å². The standard InChI is InChI=1S/C14H19NO2/c16-13(12-7-8-12)10-15-14(17)9-6-11-4-2-1-3-5-11/h1-5,12-13,16H,6-10H2,(H,15,17). The summed E-state index contributed by atoms with van der Waals surface area (Å²) in [4.78, 5) is 11.5. The number of nitrogens with one attached hydrogen (secondary N) is 1. The highest BCUT2D eigenvalue weighted by Crippen LogP contribution is 2.32. The first-order valence-corrected chi connectivity index (χ1v) is 6.24. The molecular weight excluding hydrogens is 214 g/mol. The van der Waals surface area contributed by atoms with Crippen molar-refractivity contribution in [3.8, 4) is 0 Å². The maximum atomic E-state index is 11.5. The third kappa shape index (κ3) is 4.19. The first-order valence-electron chi connectivity index (χ1n) is 6.24. The second-order valence-electron chi connectivity index (χ2n) is 4.69. The van der Waals surface area contributed by atoms with Gasteiger partial charge in [0.25, 0.3) is 0 Å². The zero-order valence-electron chi connectivity index (χ0n) is 9.93. The Balaban J connectivity index is 1.63. The van der Waals surface area contributed by atoms with Crippen molar-refractivity contribution in [3.05, 3.63) is 35.9 Å². The van der Waals surface area contributed by atoms with Crippen LogP contribution < -0.4 is 5.32 Å². The summed E-state index contributed by atoms with van der Waals surface area (Å²) >= 11 is 0. The number of amides is 1. The van der Waals surface area contributed by atoms with E-state index in [9.17, 15) is 9.90 Å². The molecule has 0 bridgehead atoms. The lowest BCUT2D eigenvalue weighted by Gasteiger charge is -2.10. The molecule has 1 aliphatic rings. The van der Waals surface area contributed by atoms with Crippen molar-refractivity contribution in [2.45, 2.75) is 31.8 Å². The molecule has 0 aromatic heterocycles. The molecule has 17 heavy (non-hydrogen) atoms. The van der Waals surface area contributed by atoms with E-state index in [4.69, 9.17) is 0 Å². The Kier molecular flexibility index (Phi) is 4.15. The van der Waals surface area contributed by atoms with E-state index in [0.717, 1.165) is 19.3 Å². The Morgan fingerprint density at radius 2 is 2.06 bits per heavy atom. The summed E-state index contributed by atoms with van der Waals surface area (Å²) in [5.74, 6) is 0.443. The number of carbonyl (C=O) groups is 1. The van der Waals surface area contributed by atoms with E-state index in [1.807, 2.05) is 30.3 Å². The van der Waals surface area contributed by atoms with Crippen molar-refractivity contribution in [2.24, 2.45) is 5.92 Å². The number of carbonyl (C=O) groups excluding carboxylic acids is 1. The lowest BCUT2D eigenvalue weighted by atomic mass is 10.1. The van der Waals surface area contributed by atoms with Crippen LogP contribution in [-0.2, 0) is 11.2 Å². The number of hydrogen-bond donors (Lipinski definition) is 2. The second kappa shape index (κ2) is 5.82. The molecule has 1 aromatic rings.